The highest BCUT2D eigenvalue weighted by Gasteiger charge is 2.37. The minimum atomic E-state index is -0.493. The number of hydrogen-bond donors (Lipinski definition) is 2. The summed E-state index contributed by atoms with van der Waals surface area (Å²) < 4.78 is 15.3. The number of carbonyl (C=O) groups is 1. The van der Waals surface area contributed by atoms with Crippen LogP contribution in [0.25, 0.3) is 0 Å². The van der Waals surface area contributed by atoms with Gasteiger partial charge < -0.3 is 10.7 Å². The van der Waals surface area contributed by atoms with Crippen molar-refractivity contribution in [3.63, 3.8) is 0 Å². The number of aromatic nitrogens is 3. The van der Waals surface area contributed by atoms with Crippen LogP contribution in [0.5, 0.6) is 0 Å². The van der Waals surface area contributed by atoms with Gasteiger partial charge in [0.2, 0.25) is 11.1 Å². The van der Waals surface area contributed by atoms with Crippen molar-refractivity contribution in [3.8, 4) is 0 Å². The Labute approximate surface area is 172 Å². The van der Waals surface area contributed by atoms with Gasteiger partial charge in [-0.05, 0) is 48.7 Å². The Kier molecular flexibility index (Phi) is 5.53. The monoisotopic (exact) mass is 411 g/mol. The first-order chi connectivity index (χ1) is 14.0. The van der Waals surface area contributed by atoms with Crippen molar-refractivity contribution in [2.24, 2.45) is 0 Å². The lowest BCUT2D eigenvalue weighted by atomic mass is 10.0. The summed E-state index contributed by atoms with van der Waals surface area (Å²) in [6.07, 6.45) is 1.71. The SMILES string of the molecule is CCCc1nnc2n1N[C@@H](c1ccc(F)cc1)[C@H](C(=O)Nc1cccc(C)c1)S2. The second-order valence-corrected chi connectivity index (χ2v) is 8.15. The second kappa shape index (κ2) is 8.24. The second-order valence-electron chi connectivity index (χ2n) is 7.04. The van der Waals surface area contributed by atoms with Crippen molar-refractivity contribution in [2.75, 3.05) is 10.7 Å². The maximum atomic E-state index is 13.5. The van der Waals surface area contributed by atoms with E-state index < -0.39 is 5.25 Å². The molecule has 1 aromatic heterocycles. The summed E-state index contributed by atoms with van der Waals surface area (Å²) in [5.41, 5.74) is 6.01. The molecule has 4 rings (SSSR count). The van der Waals surface area contributed by atoms with Crippen molar-refractivity contribution in [2.45, 2.75) is 43.1 Å². The number of hydrogen-bond acceptors (Lipinski definition) is 5. The molecule has 2 atom stereocenters. The molecule has 0 spiro atoms. The molecule has 0 radical (unpaired) electrons. The number of anilines is 1. The highest BCUT2D eigenvalue weighted by atomic mass is 32.2. The molecule has 0 fully saturated rings. The zero-order valence-corrected chi connectivity index (χ0v) is 17.0. The van der Waals surface area contributed by atoms with Gasteiger partial charge in [0.15, 0.2) is 5.82 Å². The normalized spacial score (nSPS) is 18.0. The lowest BCUT2D eigenvalue weighted by Crippen LogP contribution is -2.41. The molecule has 0 aliphatic carbocycles. The van der Waals surface area contributed by atoms with Gasteiger partial charge in [0.1, 0.15) is 11.1 Å². The molecule has 150 valence electrons. The maximum absolute atomic E-state index is 13.5. The predicted molar refractivity (Wildman–Crippen MR) is 112 cm³/mol. The van der Waals surface area contributed by atoms with Gasteiger partial charge >= 0.3 is 0 Å². The average molecular weight is 412 g/mol. The van der Waals surface area contributed by atoms with Crippen LogP contribution in [0.4, 0.5) is 10.1 Å². The number of fused-ring (bicyclic) bond motifs is 1. The largest absolute Gasteiger partial charge is 0.325 e. The van der Waals surface area contributed by atoms with E-state index in [1.165, 1.54) is 23.9 Å². The van der Waals surface area contributed by atoms with E-state index in [4.69, 9.17) is 0 Å². The Morgan fingerprint density at radius 3 is 2.76 bits per heavy atom. The molecule has 1 aliphatic heterocycles. The Morgan fingerprint density at radius 1 is 1.24 bits per heavy atom. The van der Waals surface area contributed by atoms with Gasteiger partial charge in [0, 0.05) is 12.1 Å². The molecule has 1 amide bonds. The topological polar surface area (TPSA) is 71.8 Å². The molecule has 2 heterocycles. The van der Waals surface area contributed by atoms with E-state index in [2.05, 4.69) is 27.9 Å². The van der Waals surface area contributed by atoms with E-state index in [9.17, 15) is 9.18 Å². The van der Waals surface area contributed by atoms with Crippen LogP contribution in [0.1, 0.15) is 36.3 Å². The van der Waals surface area contributed by atoms with E-state index in [0.717, 1.165) is 35.5 Å². The number of carbonyl (C=O) groups excluding carboxylic acids is 1. The van der Waals surface area contributed by atoms with Crippen LogP contribution in [0.3, 0.4) is 0 Å². The third-order valence-corrected chi connectivity index (χ3v) is 5.97. The molecule has 6 nitrogen and oxygen atoms in total. The number of halogens is 1. The fourth-order valence-corrected chi connectivity index (χ4v) is 4.44. The molecule has 0 saturated carbocycles. The molecule has 8 heteroatoms. The molecule has 1 aliphatic rings. The van der Waals surface area contributed by atoms with Crippen LogP contribution < -0.4 is 10.7 Å². The Bertz CT molecular complexity index is 1020. The number of benzene rings is 2. The van der Waals surface area contributed by atoms with E-state index in [1.54, 1.807) is 12.1 Å². The quantitative estimate of drug-likeness (QED) is 0.662. The van der Waals surface area contributed by atoms with Crippen LogP contribution in [0, 0.1) is 12.7 Å². The molecule has 3 aromatic rings. The minimum absolute atomic E-state index is 0.145. The first-order valence-corrected chi connectivity index (χ1v) is 10.4. The summed E-state index contributed by atoms with van der Waals surface area (Å²) in [6, 6.07) is 13.5. The fourth-order valence-electron chi connectivity index (χ4n) is 3.34. The Morgan fingerprint density at radius 2 is 2.03 bits per heavy atom. The lowest BCUT2D eigenvalue weighted by Gasteiger charge is -2.33. The molecule has 0 unspecified atom stereocenters. The summed E-state index contributed by atoms with van der Waals surface area (Å²) in [5.74, 6) is 0.364. The van der Waals surface area contributed by atoms with Crippen LogP contribution >= 0.6 is 11.8 Å². The average Bonchev–Trinajstić information content (AvgIpc) is 3.10. The molecule has 0 bridgehead atoms. The zero-order valence-electron chi connectivity index (χ0n) is 16.2. The third-order valence-electron chi connectivity index (χ3n) is 4.75. The van der Waals surface area contributed by atoms with Crippen molar-refractivity contribution in [3.05, 3.63) is 71.3 Å². The smallest absolute Gasteiger partial charge is 0.240 e. The zero-order chi connectivity index (χ0) is 20.4. The summed E-state index contributed by atoms with van der Waals surface area (Å²) in [7, 11) is 0. The number of amides is 1. The van der Waals surface area contributed by atoms with Gasteiger partial charge in [0.05, 0.1) is 6.04 Å². The summed E-state index contributed by atoms with van der Waals surface area (Å²) in [4.78, 5) is 13.2. The van der Waals surface area contributed by atoms with Gasteiger partial charge in [-0.25, -0.2) is 9.07 Å². The first-order valence-electron chi connectivity index (χ1n) is 9.55. The van der Waals surface area contributed by atoms with E-state index in [0.29, 0.717) is 5.16 Å². The summed E-state index contributed by atoms with van der Waals surface area (Å²) in [6.45, 7) is 4.05. The van der Waals surface area contributed by atoms with Crippen LogP contribution in [-0.4, -0.2) is 26.0 Å². The lowest BCUT2D eigenvalue weighted by molar-refractivity contribution is -0.116. The fraction of sp³-hybridized carbons (Fsp3) is 0.286. The maximum Gasteiger partial charge on any atom is 0.240 e. The Hall–Kier alpha value is -2.87. The summed E-state index contributed by atoms with van der Waals surface area (Å²) >= 11 is 1.36. The first kappa shape index (κ1) is 19.4. The molecule has 2 N–H and O–H groups in total. The van der Waals surface area contributed by atoms with Crippen LogP contribution in [-0.2, 0) is 11.2 Å². The molecule has 29 heavy (non-hydrogen) atoms. The number of rotatable bonds is 5. The molecule has 2 aromatic carbocycles. The van der Waals surface area contributed by atoms with Crippen LogP contribution in [0.15, 0.2) is 53.7 Å². The minimum Gasteiger partial charge on any atom is -0.325 e. The highest BCUT2D eigenvalue weighted by Crippen LogP contribution is 2.37. The number of thioether (sulfide) groups is 1. The van der Waals surface area contributed by atoms with Crippen molar-refractivity contribution in [1.82, 2.24) is 14.9 Å². The van der Waals surface area contributed by atoms with Crippen LogP contribution in [0.2, 0.25) is 0 Å². The Balaban J connectivity index is 1.66. The molecular formula is C21H22FN5OS. The van der Waals surface area contributed by atoms with E-state index >= 15 is 0 Å². The molecular weight excluding hydrogens is 389 g/mol. The number of aryl methyl sites for hydroxylation is 2. The van der Waals surface area contributed by atoms with Gasteiger partial charge in [-0.15, -0.1) is 10.2 Å². The van der Waals surface area contributed by atoms with Crippen molar-refractivity contribution >= 4 is 23.4 Å². The van der Waals surface area contributed by atoms with Gasteiger partial charge in [-0.3, -0.25) is 4.79 Å². The van der Waals surface area contributed by atoms with E-state index in [1.807, 2.05) is 35.9 Å². The van der Waals surface area contributed by atoms with Gasteiger partial charge in [-0.2, -0.15) is 0 Å². The molecule has 0 saturated heterocycles. The summed E-state index contributed by atoms with van der Waals surface area (Å²) in [5, 5.41) is 11.7. The third kappa shape index (κ3) is 4.12. The van der Waals surface area contributed by atoms with Crippen molar-refractivity contribution < 1.29 is 9.18 Å². The standard InChI is InChI=1S/C21H22FN5OS/c1-3-5-17-24-25-21-27(17)26-18(14-8-10-15(22)11-9-14)19(29-21)20(28)23-16-7-4-6-13(2)12-16/h4,6-12,18-19,26H,3,5H2,1-2H3,(H,23,28)/t18-,19+/m0/s1. The number of nitrogens with zero attached hydrogens (tertiary/aromatic N) is 3. The van der Waals surface area contributed by atoms with E-state index in [-0.39, 0.29) is 17.8 Å². The number of nitrogens with one attached hydrogen (secondary N) is 2. The highest BCUT2D eigenvalue weighted by molar-refractivity contribution is 8.00. The predicted octanol–water partition coefficient (Wildman–Crippen LogP) is 4.08. The van der Waals surface area contributed by atoms with Gasteiger partial charge in [0.25, 0.3) is 0 Å². The van der Waals surface area contributed by atoms with Crippen molar-refractivity contribution in [1.29, 1.82) is 0 Å². The van der Waals surface area contributed by atoms with Gasteiger partial charge in [-0.1, -0.05) is 43.0 Å².